The van der Waals surface area contributed by atoms with Crippen molar-refractivity contribution in [2.24, 2.45) is 4.99 Å². The van der Waals surface area contributed by atoms with E-state index in [1.807, 2.05) is 18.3 Å². The summed E-state index contributed by atoms with van der Waals surface area (Å²) in [5.74, 6) is -0.310. The van der Waals surface area contributed by atoms with Crippen LogP contribution in [-0.4, -0.2) is 23.4 Å². The minimum Gasteiger partial charge on any atom is -0.462 e. The van der Waals surface area contributed by atoms with E-state index in [1.165, 1.54) is 22.5 Å². The minimum atomic E-state index is -0.310. The summed E-state index contributed by atoms with van der Waals surface area (Å²) in [7, 11) is 0. The van der Waals surface area contributed by atoms with E-state index in [9.17, 15) is 4.79 Å². The number of ether oxygens (including phenoxy) is 1. The standard InChI is InChI=1S/C24H26N2O2/c1-6-28-24(27)20-7-9-22(10-8-20)25-15-21-14-18(4)26(19(21)5)23-12-16(2)11-17(3)13-23/h7-15H,6H2,1-5H3. The van der Waals surface area contributed by atoms with Gasteiger partial charge < -0.3 is 9.30 Å². The first-order valence-corrected chi connectivity index (χ1v) is 9.48. The number of nitrogens with zero attached hydrogens (tertiary/aromatic N) is 2. The van der Waals surface area contributed by atoms with E-state index < -0.39 is 0 Å². The summed E-state index contributed by atoms with van der Waals surface area (Å²) >= 11 is 0. The Morgan fingerprint density at radius 3 is 2.25 bits per heavy atom. The van der Waals surface area contributed by atoms with Gasteiger partial charge in [-0.3, -0.25) is 4.99 Å². The Morgan fingerprint density at radius 1 is 1.00 bits per heavy atom. The second kappa shape index (κ2) is 8.26. The molecule has 0 bridgehead atoms. The number of aryl methyl sites for hydroxylation is 3. The zero-order chi connectivity index (χ0) is 20.3. The number of carbonyl (C=O) groups is 1. The lowest BCUT2D eigenvalue weighted by Gasteiger charge is -2.11. The van der Waals surface area contributed by atoms with Crippen LogP contribution in [0, 0.1) is 27.7 Å². The largest absolute Gasteiger partial charge is 0.462 e. The molecule has 0 amide bonds. The van der Waals surface area contributed by atoms with Gasteiger partial charge >= 0.3 is 5.97 Å². The molecule has 0 aliphatic rings. The van der Waals surface area contributed by atoms with Gasteiger partial charge in [-0.25, -0.2) is 4.79 Å². The first-order chi connectivity index (χ1) is 13.4. The highest BCUT2D eigenvalue weighted by atomic mass is 16.5. The zero-order valence-electron chi connectivity index (χ0n) is 17.1. The molecule has 0 fully saturated rings. The quantitative estimate of drug-likeness (QED) is 0.428. The van der Waals surface area contributed by atoms with Gasteiger partial charge in [0.15, 0.2) is 0 Å². The maximum atomic E-state index is 11.7. The van der Waals surface area contributed by atoms with Gasteiger partial charge in [-0.05, 0) is 88.2 Å². The fourth-order valence-corrected chi connectivity index (χ4v) is 3.44. The van der Waals surface area contributed by atoms with E-state index in [0.717, 1.165) is 16.9 Å². The third-order valence-corrected chi connectivity index (χ3v) is 4.67. The Labute approximate surface area is 166 Å². The number of hydrogen-bond donors (Lipinski definition) is 0. The maximum absolute atomic E-state index is 11.7. The fraction of sp³-hybridized carbons (Fsp3) is 0.250. The van der Waals surface area contributed by atoms with Crippen molar-refractivity contribution < 1.29 is 9.53 Å². The van der Waals surface area contributed by atoms with Crippen LogP contribution in [-0.2, 0) is 4.74 Å². The van der Waals surface area contributed by atoms with Crippen molar-refractivity contribution in [1.82, 2.24) is 4.57 Å². The van der Waals surface area contributed by atoms with E-state index in [0.29, 0.717) is 12.2 Å². The third-order valence-electron chi connectivity index (χ3n) is 4.67. The van der Waals surface area contributed by atoms with Gasteiger partial charge in [-0.15, -0.1) is 0 Å². The number of benzene rings is 2. The van der Waals surface area contributed by atoms with E-state index in [-0.39, 0.29) is 5.97 Å². The Bertz CT molecular complexity index is 1010. The molecule has 0 saturated heterocycles. The second-order valence-electron chi connectivity index (χ2n) is 7.03. The minimum absolute atomic E-state index is 0.310. The molecular formula is C24H26N2O2. The van der Waals surface area contributed by atoms with Crippen LogP contribution in [0.25, 0.3) is 5.69 Å². The predicted molar refractivity (Wildman–Crippen MR) is 114 cm³/mol. The van der Waals surface area contributed by atoms with Crippen LogP contribution in [0.4, 0.5) is 5.69 Å². The summed E-state index contributed by atoms with van der Waals surface area (Å²) in [6.07, 6.45) is 1.88. The molecule has 3 aromatic rings. The molecular weight excluding hydrogens is 348 g/mol. The first-order valence-electron chi connectivity index (χ1n) is 9.48. The van der Waals surface area contributed by atoms with Gasteiger partial charge in [0, 0.05) is 28.9 Å². The monoisotopic (exact) mass is 374 g/mol. The lowest BCUT2D eigenvalue weighted by Crippen LogP contribution is -2.03. The molecule has 0 atom stereocenters. The Balaban J connectivity index is 1.86. The molecule has 144 valence electrons. The van der Waals surface area contributed by atoms with E-state index in [2.05, 4.69) is 61.5 Å². The van der Waals surface area contributed by atoms with Gasteiger partial charge in [-0.1, -0.05) is 6.07 Å². The van der Waals surface area contributed by atoms with Gasteiger partial charge in [0.1, 0.15) is 0 Å². The predicted octanol–water partition coefficient (Wildman–Crippen LogP) is 5.64. The highest BCUT2D eigenvalue weighted by molar-refractivity contribution is 5.90. The molecule has 0 unspecified atom stereocenters. The average Bonchev–Trinajstić information content (AvgIpc) is 2.93. The van der Waals surface area contributed by atoms with Crippen molar-refractivity contribution in [3.8, 4) is 5.69 Å². The second-order valence-corrected chi connectivity index (χ2v) is 7.03. The summed E-state index contributed by atoms with van der Waals surface area (Å²) in [4.78, 5) is 16.3. The van der Waals surface area contributed by atoms with Gasteiger partial charge in [0.05, 0.1) is 17.9 Å². The fourth-order valence-electron chi connectivity index (χ4n) is 3.44. The highest BCUT2D eigenvalue weighted by Gasteiger charge is 2.10. The summed E-state index contributed by atoms with van der Waals surface area (Å²) in [6, 6.07) is 15.8. The normalized spacial score (nSPS) is 11.2. The molecule has 0 saturated carbocycles. The van der Waals surface area contributed by atoms with Crippen LogP contribution in [0.5, 0.6) is 0 Å². The highest BCUT2D eigenvalue weighted by Crippen LogP contribution is 2.23. The number of esters is 1. The van der Waals surface area contributed by atoms with Crippen LogP contribution in [0.2, 0.25) is 0 Å². The summed E-state index contributed by atoms with van der Waals surface area (Å²) < 4.78 is 7.26. The van der Waals surface area contributed by atoms with Gasteiger partial charge in [0.2, 0.25) is 0 Å². The maximum Gasteiger partial charge on any atom is 0.338 e. The van der Waals surface area contributed by atoms with Crippen molar-refractivity contribution in [3.63, 3.8) is 0 Å². The third kappa shape index (κ3) is 4.22. The van der Waals surface area contributed by atoms with E-state index >= 15 is 0 Å². The molecule has 28 heavy (non-hydrogen) atoms. The average molecular weight is 374 g/mol. The topological polar surface area (TPSA) is 43.6 Å². The first kappa shape index (κ1) is 19.6. The van der Waals surface area contributed by atoms with Crippen molar-refractivity contribution in [2.75, 3.05) is 6.61 Å². The molecule has 0 N–H and O–H groups in total. The Kier molecular flexibility index (Phi) is 5.78. The van der Waals surface area contributed by atoms with Crippen molar-refractivity contribution >= 4 is 17.9 Å². The number of rotatable bonds is 5. The van der Waals surface area contributed by atoms with Crippen molar-refractivity contribution in [3.05, 3.63) is 82.2 Å². The zero-order valence-corrected chi connectivity index (χ0v) is 17.1. The van der Waals surface area contributed by atoms with Crippen LogP contribution >= 0.6 is 0 Å². The van der Waals surface area contributed by atoms with E-state index in [1.54, 1.807) is 19.1 Å². The molecule has 2 aromatic carbocycles. The lowest BCUT2D eigenvalue weighted by molar-refractivity contribution is 0.0526. The molecule has 3 rings (SSSR count). The number of aliphatic imine (C=N–C) groups is 1. The molecule has 0 radical (unpaired) electrons. The van der Waals surface area contributed by atoms with E-state index in [4.69, 9.17) is 4.74 Å². The van der Waals surface area contributed by atoms with Crippen LogP contribution in [0.3, 0.4) is 0 Å². The van der Waals surface area contributed by atoms with Crippen LogP contribution in [0.15, 0.2) is 53.5 Å². The van der Waals surface area contributed by atoms with Crippen molar-refractivity contribution in [1.29, 1.82) is 0 Å². The molecule has 1 heterocycles. The Hall–Kier alpha value is -3.14. The summed E-state index contributed by atoms with van der Waals surface area (Å²) in [5, 5.41) is 0. The number of aromatic nitrogens is 1. The molecule has 0 aliphatic heterocycles. The molecule has 4 heteroatoms. The molecule has 4 nitrogen and oxygen atoms in total. The number of carbonyl (C=O) groups excluding carboxylic acids is 1. The lowest BCUT2D eigenvalue weighted by atomic mass is 10.1. The van der Waals surface area contributed by atoms with Gasteiger partial charge in [0.25, 0.3) is 0 Å². The molecule has 0 aliphatic carbocycles. The summed E-state index contributed by atoms with van der Waals surface area (Å²) in [6.45, 7) is 10.6. The molecule has 1 aromatic heterocycles. The summed E-state index contributed by atoms with van der Waals surface area (Å²) in [5.41, 5.74) is 8.39. The van der Waals surface area contributed by atoms with Crippen molar-refractivity contribution in [2.45, 2.75) is 34.6 Å². The van der Waals surface area contributed by atoms with Crippen LogP contribution in [0.1, 0.15) is 45.4 Å². The number of hydrogen-bond acceptors (Lipinski definition) is 3. The van der Waals surface area contributed by atoms with Gasteiger partial charge in [-0.2, -0.15) is 0 Å². The Morgan fingerprint density at radius 2 is 1.64 bits per heavy atom. The smallest absolute Gasteiger partial charge is 0.338 e. The molecule has 0 spiro atoms. The van der Waals surface area contributed by atoms with Crippen LogP contribution < -0.4 is 0 Å². The SMILES string of the molecule is CCOC(=O)c1ccc(N=Cc2cc(C)n(-c3cc(C)cc(C)c3)c2C)cc1.